The van der Waals surface area contributed by atoms with E-state index in [0.29, 0.717) is 11.4 Å². The molecule has 1 aromatic heterocycles. The van der Waals surface area contributed by atoms with Gasteiger partial charge in [-0.05, 0) is 56.5 Å². The first kappa shape index (κ1) is 24.2. The van der Waals surface area contributed by atoms with Crippen molar-refractivity contribution in [3.05, 3.63) is 54.2 Å². The monoisotopic (exact) mass is 452 g/mol. The van der Waals surface area contributed by atoms with E-state index in [2.05, 4.69) is 15.6 Å². The van der Waals surface area contributed by atoms with Crippen LogP contribution in [-0.4, -0.2) is 44.8 Å². The van der Waals surface area contributed by atoms with E-state index in [1.165, 1.54) is 12.1 Å². The van der Waals surface area contributed by atoms with Gasteiger partial charge in [-0.2, -0.15) is 0 Å². The molecule has 0 saturated heterocycles. The number of hydrogen-bond acceptors (Lipinski definition) is 5. The van der Waals surface area contributed by atoms with E-state index in [9.17, 15) is 19.5 Å². The number of pyridine rings is 1. The molecule has 1 saturated carbocycles. The highest BCUT2D eigenvalue weighted by Gasteiger charge is 2.37. The maximum atomic E-state index is 13.5. The molecule has 33 heavy (non-hydrogen) atoms. The average molecular weight is 453 g/mol. The number of amides is 3. The van der Waals surface area contributed by atoms with Gasteiger partial charge >= 0.3 is 0 Å². The number of benzene rings is 1. The highest BCUT2D eigenvalue weighted by molar-refractivity contribution is 5.94. The zero-order chi connectivity index (χ0) is 23.8. The van der Waals surface area contributed by atoms with Crippen molar-refractivity contribution in [1.29, 1.82) is 0 Å². The van der Waals surface area contributed by atoms with E-state index in [4.69, 9.17) is 0 Å². The molecule has 176 valence electrons. The zero-order valence-electron chi connectivity index (χ0n) is 19.2. The van der Waals surface area contributed by atoms with Crippen LogP contribution in [0.5, 0.6) is 5.75 Å². The number of hydrogen-bond donors (Lipinski definition) is 3. The van der Waals surface area contributed by atoms with E-state index in [0.717, 1.165) is 25.7 Å². The molecule has 3 N–H and O–H groups in total. The van der Waals surface area contributed by atoms with Crippen molar-refractivity contribution in [2.24, 2.45) is 0 Å². The molecule has 1 unspecified atom stereocenters. The van der Waals surface area contributed by atoms with E-state index in [-0.39, 0.29) is 48.4 Å². The van der Waals surface area contributed by atoms with Crippen LogP contribution in [0.25, 0.3) is 0 Å². The molecule has 1 aromatic carbocycles. The predicted octanol–water partition coefficient (Wildman–Crippen LogP) is 3.54. The van der Waals surface area contributed by atoms with Gasteiger partial charge in [0, 0.05) is 31.1 Å². The van der Waals surface area contributed by atoms with Gasteiger partial charge in [0.25, 0.3) is 0 Å². The van der Waals surface area contributed by atoms with E-state index in [1.54, 1.807) is 41.4 Å². The Balaban J connectivity index is 1.81. The highest BCUT2D eigenvalue weighted by Crippen LogP contribution is 2.33. The summed E-state index contributed by atoms with van der Waals surface area (Å²) in [5.74, 6) is -0.294. The second-order valence-electron chi connectivity index (χ2n) is 8.66. The maximum Gasteiger partial charge on any atom is 0.247 e. The summed E-state index contributed by atoms with van der Waals surface area (Å²) in [4.78, 5) is 44.8. The van der Waals surface area contributed by atoms with Gasteiger partial charge in [0.1, 0.15) is 17.6 Å². The lowest BCUT2D eigenvalue weighted by Crippen LogP contribution is -2.49. The molecule has 2 aromatic rings. The van der Waals surface area contributed by atoms with Crippen molar-refractivity contribution in [1.82, 2.24) is 15.2 Å². The Morgan fingerprint density at radius 3 is 2.36 bits per heavy atom. The molecule has 0 radical (unpaired) electrons. The molecular formula is C25H32N4O4. The fourth-order valence-corrected chi connectivity index (χ4v) is 4.19. The van der Waals surface area contributed by atoms with Crippen LogP contribution in [0.2, 0.25) is 0 Å². The minimum absolute atomic E-state index is 0.00722. The smallest absolute Gasteiger partial charge is 0.247 e. The predicted molar refractivity (Wildman–Crippen MR) is 125 cm³/mol. The third-order valence-electron chi connectivity index (χ3n) is 5.67. The van der Waals surface area contributed by atoms with Crippen molar-refractivity contribution >= 4 is 23.5 Å². The Bertz CT molecular complexity index is 941. The number of anilines is 1. The second-order valence-corrected chi connectivity index (χ2v) is 8.66. The van der Waals surface area contributed by atoms with Gasteiger partial charge < -0.3 is 20.6 Å². The lowest BCUT2D eigenvalue weighted by molar-refractivity contribution is -0.144. The molecule has 0 spiro atoms. The first-order chi connectivity index (χ1) is 15.8. The van der Waals surface area contributed by atoms with E-state index in [1.807, 2.05) is 13.8 Å². The molecule has 3 rings (SSSR count). The topological polar surface area (TPSA) is 112 Å². The van der Waals surface area contributed by atoms with Crippen LogP contribution in [0.1, 0.15) is 64.0 Å². The van der Waals surface area contributed by atoms with Crippen LogP contribution in [0.3, 0.4) is 0 Å². The van der Waals surface area contributed by atoms with Gasteiger partial charge in [-0.1, -0.05) is 31.0 Å². The molecule has 1 fully saturated rings. The van der Waals surface area contributed by atoms with Crippen molar-refractivity contribution < 1.29 is 19.5 Å². The summed E-state index contributed by atoms with van der Waals surface area (Å²) in [6, 6.07) is 10.6. The van der Waals surface area contributed by atoms with Crippen LogP contribution in [0.4, 0.5) is 5.82 Å². The summed E-state index contributed by atoms with van der Waals surface area (Å²) in [5.41, 5.74) is 0.629. The third kappa shape index (κ3) is 6.78. The normalized spacial score (nSPS) is 14.6. The number of nitrogens with zero attached hydrogens (tertiary/aromatic N) is 2. The van der Waals surface area contributed by atoms with Crippen LogP contribution in [0, 0.1) is 0 Å². The summed E-state index contributed by atoms with van der Waals surface area (Å²) in [6.07, 6.45) is 5.17. The Morgan fingerprint density at radius 2 is 1.76 bits per heavy atom. The second kappa shape index (κ2) is 11.4. The van der Waals surface area contributed by atoms with E-state index < -0.39 is 6.04 Å². The van der Waals surface area contributed by atoms with Crippen LogP contribution >= 0.6 is 0 Å². The largest absolute Gasteiger partial charge is 0.508 e. The van der Waals surface area contributed by atoms with Crippen LogP contribution in [0.15, 0.2) is 48.7 Å². The number of rotatable bonds is 9. The first-order valence-corrected chi connectivity index (χ1v) is 11.5. The molecule has 1 aliphatic rings. The van der Waals surface area contributed by atoms with Crippen molar-refractivity contribution in [3.8, 4) is 5.75 Å². The van der Waals surface area contributed by atoms with Crippen LogP contribution in [-0.2, 0) is 14.4 Å². The molecule has 0 aliphatic heterocycles. The number of carbonyl (C=O) groups excluding carboxylic acids is 3. The van der Waals surface area contributed by atoms with Crippen LogP contribution < -0.4 is 10.6 Å². The molecule has 8 heteroatoms. The Labute approximate surface area is 194 Å². The fourth-order valence-electron chi connectivity index (χ4n) is 4.19. The molecule has 1 aliphatic carbocycles. The average Bonchev–Trinajstić information content (AvgIpc) is 3.31. The Morgan fingerprint density at radius 1 is 1.06 bits per heavy atom. The summed E-state index contributed by atoms with van der Waals surface area (Å²) >= 11 is 0. The minimum atomic E-state index is -0.831. The number of aromatic nitrogens is 1. The van der Waals surface area contributed by atoms with Gasteiger partial charge in [0.2, 0.25) is 17.7 Å². The molecule has 1 atom stereocenters. The summed E-state index contributed by atoms with van der Waals surface area (Å²) in [5, 5.41) is 15.3. The van der Waals surface area contributed by atoms with Crippen molar-refractivity contribution in [3.63, 3.8) is 0 Å². The SMILES string of the molecule is CC(C)NC(=O)C(c1ccc(O)cc1)N(C(=O)CCC(=O)Nc1ccccn1)C1CCCC1. The summed E-state index contributed by atoms with van der Waals surface area (Å²) in [7, 11) is 0. The number of aromatic hydroxyl groups is 1. The van der Waals surface area contributed by atoms with Crippen molar-refractivity contribution in [2.45, 2.75) is 70.5 Å². The third-order valence-corrected chi connectivity index (χ3v) is 5.67. The molecule has 0 bridgehead atoms. The summed E-state index contributed by atoms with van der Waals surface area (Å²) < 4.78 is 0. The van der Waals surface area contributed by atoms with Gasteiger partial charge in [0.15, 0.2) is 0 Å². The van der Waals surface area contributed by atoms with E-state index >= 15 is 0 Å². The lowest BCUT2D eigenvalue weighted by atomic mass is 9.99. The number of nitrogens with one attached hydrogen (secondary N) is 2. The van der Waals surface area contributed by atoms with Gasteiger partial charge in [-0.3, -0.25) is 14.4 Å². The van der Waals surface area contributed by atoms with Gasteiger partial charge in [-0.15, -0.1) is 0 Å². The molecule has 3 amide bonds. The Hall–Kier alpha value is -3.42. The first-order valence-electron chi connectivity index (χ1n) is 11.5. The number of phenolic OH excluding ortho intramolecular Hbond substituents is 1. The quantitative estimate of drug-likeness (QED) is 0.539. The standard InChI is InChI=1S/C25H32N4O4/c1-17(2)27-25(33)24(18-10-12-20(30)13-11-18)29(19-7-3-4-8-19)23(32)15-14-22(31)28-21-9-5-6-16-26-21/h5-6,9-13,16-17,19,24,30H,3-4,7-8,14-15H2,1-2H3,(H,27,33)(H,26,28,31). The number of phenols is 1. The Kier molecular flexibility index (Phi) is 8.40. The molecular weight excluding hydrogens is 420 g/mol. The zero-order valence-corrected chi connectivity index (χ0v) is 19.2. The molecule has 1 heterocycles. The number of carbonyl (C=O) groups is 3. The van der Waals surface area contributed by atoms with Gasteiger partial charge in [0.05, 0.1) is 0 Å². The molecule has 8 nitrogen and oxygen atoms in total. The summed E-state index contributed by atoms with van der Waals surface area (Å²) in [6.45, 7) is 3.74. The minimum Gasteiger partial charge on any atom is -0.508 e. The highest BCUT2D eigenvalue weighted by atomic mass is 16.3. The fraction of sp³-hybridized carbons (Fsp3) is 0.440. The maximum absolute atomic E-state index is 13.5. The van der Waals surface area contributed by atoms with Gasteiger partial charge in [-0.25, -0.2) is 4.98 Å². The lowest BCUT2D eigenvalue weighted by Gasteiger charge is -2.36. The van der Waals surface area contributed by atoms with Crippen molar-refractivity contribution in [2.75, 3.05) is 5.32 Å².